The van der Waals surface area contributed by atoms with Crippen LogP contribution in [0.2, 0.25) is 0 Å². The Morgan fingerprint density at radius 2 is 1.80 bits per heavy atom. The molecule has 0 fully saturated rings. The van der Waals surface area contributed by atoms with E-state index >= 15 is 0 Å². The summed E-state index contributed by atoms with van der Waals surface area (Å²) in [4.78, 5) is 25.7. The first-order valence-corrected chi connectivity index (χ1v) is 14.1. The van der Waals surface area contributed by atoms with Crippen molar-refractivity contribution in [3.05, 3.63) is 65.0 Å². The van der Waals surface area contributed by atoms with Crippen LogP contribution in [0.3, 0.4) is 0 Å². The third-order valence-corrected chi connectivity index (χ3v) is 6.92. The van der Waals surface area contributed by atoms with Crippen molar-refractivity contribution in [3.8, 4) is 17.3 Å². The predicted molar refractivity (Wildman–Crippen MR) is 156 cm³/mol. The monoisotopic (exact) mass is 556 g/mol. The van der Waals surface area contributed by atoms with Gasteiger partial charge in [0.1, 0.15) is 18.3 Å². The summed E-state index contributed by atoms with van der Waals surface area (Å²) in [6.07, 6.45) is 6.63. The van der Waals surface area contributed by atoms with E-state index < -0.39 is 11.9 Å². The molecule has 0 saturated heterocycles. The third-order valence-electron chi connectivity index (χ3n) is 6.92. The van der Waals surface area contributed by atoms with Crippen LogP contribution < -0.4 is 5.73 Å². The lowest BCUT2D eigenvalue weighted by molar-refractivity contribution is -0.143. The van der Waals surface area contributed by atoms with Gasteiger partial charge in [-0.1, -0.05) is 61.7 Å². The first kappa shape index (κ1) is 29.3. The number of aromatic nitrogens is 4. The second kappa shape index (κ2) is 13.6. The zero-order valence-electron chi connectivity index (χ0n) is 23.9. The topological polar surface area (TPSA) is 138 Å². The highest BCUT2D eigenvalue weighted by Gasteiger charge is 2.29. The maximum atomic E-state index is 13.1. The largest absolute Gasteiger partial charge is 0.465 e. The normalized spacial score (nSPS) is 11.0. The summed E-state index contributed by atoms with van der Waals surface area (Å²) in [7, 11) is 0. The van der Waals surface area contributed by atoms with Gasteiger partial charge in [0.05, 0.1) is 42.7 Å². The fourth-order valence-corrected chi connectivity index (χ4v) is 5.11. The number of ether oxygens (including phenoxy) is 2. The van der Waals surface area contributed by atoms with Gasteiger partial charge in [0, 0.05) is 10.9 Å². The molecule has 214 valence electrons. The number of hydrogen-bond donors (Lipinski definition) is 1. The van der Waals surface area contributed by atoms with Gasteiger partial charge in [0.25, 0.3) is 0 Å². The Kier molecular flexibility index (Phi) is 9.74. The van der Waals surface area contributed by atoms with E-state index in [1.165, 1.54) is 4.57 Å². The van der Waals surface area contributed by atoms with Gasteiger partial charge in [-0.05, 0) is 43.9 Å². The molecule has 2 aromatic carbocycles. The molecule has 2 heterocycles. The van der Waals surface area contributed by atoms with Gasteiger partial charge in [0.2, 0.25) is 0 Å². The standard InChI is InChI=1S/C31H36N6O4/c1-4-7-8-12-15-22-16-23-28(33)30(31(39)41-6-3)37(20-26(38)40-5-2)29(23)24(17-32)27(22)25-19-36(35-34-25)18-21-13-10-9-11-14-21/h9-11,13-14,16,19H,4-8,12,15,18,20,33H2,1-3H3. The average molecular weight is 557 g/mol. The number of nitrogens with zero attached hydrogens (tertiary/aromatic N) is 5. The summed E-state index contributed by atoms with van der Waals surface area (Å²) in [5.41, 5.74) is 10.5. The Bertz CT molecular complexity index is 1570. The highest BCUT2D eigenvalue weighted by molar-refractivity contribution is 6.10. The molecule has 4 aromatic rings. The summed E-state index contributed by atoms with van der Waals surface area (Å²) < 4.78 is 13.6. The van der Waals surface area contributed by atoms with E-state index in [0.29, 0.717) is 35.1 Å². The van der Waals surface area contributed by atoms with E-state index in [2.05, 4.69) is 23.3 Å². The maximum absolute atomic E-state index is 13.1. The zero-order chi connectivity index (χ0) is 29.4. The number of aryl methyl sites for hydroxylation is 1. The molecule has 0 aliphatic rings. The quantitative estimate of drug-likeness (QED) is 0.174. The van der Waals surface area contributed by atoms with Crippen molar-refractivity contribution in [1.29, 1.82) is 5.26 Å². The second-order valence-corrected chi connectivity index (χ2v) is 9.77. The number of benzene rings is 2. The lowest BCUT2D eigenvalue weighted by atomic mass is 9.92. The molecule has 0 unspecified atom stereocenters. The molecule has 0 radical (unpaired) electrons. The Labute approximate surface area is 239 Å². The van der Waals surface area contributed by atoms with Gasteiger partial charge in [-0.3, -0.25) is 4.79 Å². The van der Waals surface area contributed by atoms with E-state index in [1.54, 1.807) is 18.5 Å². The molecule has 0 aliphatic carbocycles. The minimum absolute atomic E-state index is 0.0215. The van der Waals surface area contributed by atoms with Crippen LogP contribution in [-0.4, -0.2) is 44.7 Å². The van der Waals surface area contributed by atoms with Crippen LogP contribution in [0.25, 0.3) is 22.2 Å². The van der Waals surface area contributed by atoms with Crippen LogP contribution in [0.4, 0.5) is 5.69 Å². The number of nitrogens with two attached hydrogens (primary N) is 1. The second-order valence-electron chi connectivity index (χ2n) is 9.77. The minimum atomic E-state index is -0.672. The molecular weight excluding hydrogens is 520 g/mol. The number of unbranched alkanes of at least 4 members (excludes halogenated alkanes) is 3. The van der Waals surface area contributed by atoms with Gasteiger partial charge >= 0.3 is 11.9 Å². The van der Waals surface area contributed by atoms with Crippen LogP contribution in [0, 0.1) is 11.3 Å². The highest BCUT2D eigenvalue weighted by atomic mass is 16.5. The number of esters is 2. The van der Waals surface area contributed by atoms with E-state index in [9.17, 15) is 14.9 Å². The van der Waals surface area contributed by atoms with Gasteiger partial charge in [-0.2, -0.15) is 5.26 Å². The van der Waals surface area contributed by atoms with E-state index in [-0.39, 0.29) is 36.7 Å². The lowest BCUT2D eigenvalue weighted by Gasteiger charge is -2.14. The van der Waals surface area contributed by atoms with Gasteiger partial charge in [-0.15, -0.1) is 5.10 Å². The lowest BCUT2D eigenvalue weighted by Crippen LogP contribution is -2.20. The number of rotatable bonds is 13. The molecule has 0 amide bonds. The van der Waals surface area contributed by atoms with E-state index in [4.69, 9.17) is 15.2 Å². The smallest absolute Gasteiger partial charge is 0.357 e. The molecule has 2 aromatic heterocycles. The Hall–Kier alpha value is -4.65. The Balaban J connectivity index is 1.94. The maximum Gasteiger partial charge on any atom is 0.357 e. The fraction of sp³-hybridized carbons (Fsp3) is 0.387. The molecule has 0 spiro atoms. The van der Waals surface area contributed by atoms with Gasteiger partial charge < -0.3 is 19.8 Å². The molecule has 41 heavy (non-hydrogen) atoms. The zero-order valence-corrected chi connectivity index (χ0v) is 23.9. The summed E-state index contributed by atoms with van der Waals surface area (Å²) in [5, 5.41) is 19.9. The van der Waals surface area contributed by atoms with E-state index in [1.807, 2.05) is 42.6 Å². The minimum Gasteiger partial charge on any atom is -0.465 e. The van der Waals surface area contributed by atoms with E-state index in [0.717, 1.165) is 36.8 Å². The average Bonchev–Trinajstić information content (AvgIpc) is 3.53. The molecule has 0 aliphatic heterocycles. The molecule has 0 saturated carbocycles. The number of nitriles is 1. The Morgan fingerprint density at radius 3 is 2.49 bits per heavy atom. The molecule has 2 N–H and O–H groups in total. The molecule has 0 bridgehead atoms. The Morgan fingerprint density at radius 1 is 1.05 bits per heavy atom. The number of fused-ring (bicyclic) bond motifs is 1. The van der Waals surface area contributed by atoms with Gasteiger partial charge in [0.15, 0.2) is 5.69 Å². The van der Waals surface area contributed by atoms with Crippen LogP contribution in [0.15, 0.2) is 42.6 Å². The van der Waals surface area contributed by atoms with Crippen LogP contribution in [0.5, 0.6) is 0 Å². The van der Waals surface area contributed by atoms with Crippen LogP contribution in [0.1, 0.15) is 73.6 Å². The molecule has 10 nitrogen and oxygen atoms in total. The van der Waals surface area contributed by atoms with Crippen LogP contribution >= 0.6 is 0 Å². The van der Waals surface area contributed by atoms with Crippen molar-refractivity contribution in [2.75, 3.05) is 18.9 Å². The van der Waals surface area contributed by atoms with Crippen molar-refractivity contribution in [2.24, 2.45) is 0 Å². The molecular formula is C31H36N6O4. The van der Waals surface area contributed by atoms with Crippen LogP contribution in [-0.2, 0) is 33.8 Å². The summed E-state index contributed by atoms with van der Waals surface area (Å²) in [5.74, 6) is -1.23. The SMILES string of the molecule is CCCCCCc1cc2c(N)c(C(=O)OCC)n(CC(=O)OCC)c2c(C#N)c1-c1cn(Cc2ccccc2)nn1. The number of nitrogen functional groups attached to an aromatic ring is 1. The molecule has 10 heteroatoms. The highest BCUT2D eigenvalue weighted by Crippen LogP contribution is 2.39. The summed E-state index contributed by atoms with van der Waals surface area (Å²) in [6, 6.07) is 14.2. The number of anilines is 1. The predicted octanol–water partition coefficient (Wildman–Crippen LogP) is 5.26. The van der Waals surface area contributed by atoms with Crippen molar-refractivity contribution in [2.45, 2.75) is 66.0 Å². The first-order chi connectivity index (χ1) is 19.9. The molecule has 0 atom stereocenters. The number of hydrogen-bond acceptors (Lipinski definition) is 8. The van der Waals surface area contributed by atoms with Crippen molar-refractivity contribution >= 4 is 28.5 Å². The third kappa shape index (κ3) is 6.40. The summed E-state index contributed by atoms with van der Waals surface area (Å²) in [6.45, 7) is 6.06. The fourth-order valence-electron chi connectivity index (χ4n) is 5.11. The van der Waals surface area contributed by atoms with Gasteiger partial charge in [-0.25, -0.2) is 9.48 Å². The summed E-state index contributed by atoms with van der Waals surface area (Å²) >= 11 is 0. The number of carbonyl (C=O) groups is 2. The number of carbonyl (C=O) groups excluding carboxylic acids is 2. The van der Waals surface area contributed by atoms with Crippen molar-refractivity contribution in [3.63, 3.8) is 0 Å². The van der Waals surface area contributed by atoms with Crippen molar-refractivity contribution < 1.29 is 19.1 Å². The van der Waals surface area contributed by atoms with Crippen molar-refractivity contribution in [1.82, 2.24) is 19.6 Å². The molecule has 4 rings (SSSR count). The first-order valence-electron chi connectivity index (χ1n) is 14.1.